The van der Waals surface area contributed by atoms with Gasteiger partial charge in [-0.25, -0.2) is 5.06 Å². The van der Waals surface area contributed by atoms with Crippen molar-refractivity contribution in [2.45, 2.75) is 18.9 Å². The fraction of sp³-hybridized carbons (Fsp3) is 0.357. The number of hydrogen-bond donors (Lipinski definition) is 2. The van der Waals surface area contributed by atoms with E-state index in [1.54, 1.807) is 0 Å². The summed E-state index contributed by atoms with van der Waals surface area (Å²) >= 11 is 0. The highest BCUT2D eigenvalue weighted by molar-refractivity contribution is 5.78. The monoisotopic (exact) mass is 247 g/mol. The number of benzene rings is 1. The number of aliphatic hydroxyl groups is 1. The molecule has 0 saturated carbocycles. The van der Waals surface area contributed by atoms with Crippen molar-refractivity contribution in [3.8, 4) is 0 Å². The highest BCUT2D eigenvalue weighted by Gasteiger charge is 2.30. The first-order chi connectivity index (χ1) is 8.72. The minimum Gasteiger partial charge on any atom is -0.396 e. The Morgan fingerprint density at radius 1 is 1.33 bits per heavy atom. The summed E-state index contributed by atoms with van der Waals surface area (Å²) < 4.78 is 0. The second-order valence-corrected chi connectivity index (χ2v) is 4.48. The van der Waals surface area contributed by atoms with Crippen molar-refractivity contribution in [2.75, 3.05) is 6.61 Å². The average Bonchev–Trinajstić information content (AvgIpc) is 2.87. The van der Waals surface area contributed by atoms with E-state index in [4.69, 9.17) is 5.11 Å². The first-order valence-electron chi connectivity index (χ1n) is 6.04. The van der Waals surface area contributed by atoms with Crippen LogP contribution < -0.4 is 0 Å². The Morgan fingerprint density at radius 3 is 2.72 bits per heavy atom. The maximum atomic E-state index is 11.9. The zero-order chi connectivity index (χ0) is 13.0. The second-order valence-electron chi connectivity index (χ2n) is 4.48. The highest BCUT2D eigenvalue weighted by atomic mass is 16.5. The van der Waals surface area contributed by atoms with Gasteiger partial charge in [0.15, 0.2) is 0 Å². The molecule has 0 fully saturated rings. The van der Waals surface area contributed by atoms with Crippen LogP contribution >= 0.6 is 0 Å². The van der Waals surface area contributed by atoms with Crippen LogP contribution in [-0.4, -0.2) is 33.9 Å². The number of hydroxylamine groups is 2. The van der Waals surface area contributed by atoms with Crippen molar-refractivity contribution in [3.63, 3.8) is 0 Å². The molecule has 96 valence electrons. The van der Waals surface area contributed by atoms with Crippen molar-refractivity contribution in [3.05, 3.63) is 48.0 Å². The first kappa shape index (κ1) is 12.8. The highest BCUT2D eigenvalue weighted by Crippen LogP contribution is 2.22. The Morgan fingerprint density at radius 2 is 2.06 bits per heavy atom. The largest absolute Gasteiger partial charge is 0.396 e. The van der Waals surface area contributed by atoms with Gasteiger partial charge in [0.1, 0.15) is 0 Å². The molecule has 0 heterocycles. The summed E-state index contributed by atoms with van der Waals surface area (Å²) in [5.41, 5.74) is 0.869. The van der Waals surface area contributed by atoms with Gasteiger partial charge >= 0.3 is 0 Å². The summed E-state index contributed by atoms with van der Waals surface area (Å²) in [7, 11) is 0. The van der Waals surface area contributed by atoms with E-state index in [9.17, 15) is 10.0 Å². The van der Waals surface area contributed by atoms with Crippen LogP contribution in [0, 0.1) is 5.92 Å². The Kier molecular flexibility index (Phi) is 4.12. The number of aliphatic hydroxyl groups excluding tert-OH is 1. The Labute approximate surface area is 106 Å². The Balaban J connectivity index is 1.97. The molecule has 1 aliphatic carbocycles. The summed E-state index contributed by atoms with van der Waals surface area (Å²) in [6, 6.07) is 8.96. The van der Waals surface area contributed by atoms with E-state index in [0.29, 0.717) is 6.42 Å². The zero-order valence-electron chi connectivity index (χ0n) is 10.1. The van der Waals surface area contributed by atoms with Crippen molar-refractivity contribution in [1.82, 2.24) is 5.06 Å². The minimum atomic E-state index is -0.341. The van der Waals surface area contributed by atoms with Gasteiger partial charge in [0, 0.05) is 5.92 Å². The quantitative estimate of drug-likeness (QED) is 0.480. The molecule has 0 bridgehead atoms. The summed E-state index contributed by atoms with van der Waals surface area (Å²) in [6.07, 6.45) is 4.47. The molecular weight excluding hydrogens is 230 g/mol. The lowest BCUT2D eigenvalue weighted by atomic mass is 10.0. The van der Waals surface area contributed by atoms with Crippen LogP contribution in [0.2, 0.25) is 0 Å². The molecule has 18 heavy (non-hydrogen) atoms. The van der Waals surface area contributed by atoms with Gasteiger partial charge in [0.2, 0.25) is 0 Å². The first-order valence-corrected chi connectivity index (χ1v) is 6.04. The minimum absolute atomic E-state index is 0.0587. The number of amides is 1. The molecule has 0 aliphatic heterocycles. The number of hydrogen-bond acceptors (Lipinski definition) is 3. The average molecular weight is 247 g/mol. The van der Waals surface area contributed by atoms with Crippen LogP contribution in [0.4, 0.5) is 0 Å². The molecule has 2 unspecified atom stereocenters. The molecule has 1 aromatic rings. The third-order valence-corrected chi connectivity index (χ3v) is 3.23. The van der Waals surface area contributed by atoms with E-state index in [-0.39, 0.29) is 30.9 Å². The summed E-state index contributed by atoms with van der Waals surface area (Å²) in [4.78, 5) is 11.9. The molecule has 1 aliphatic rings. The normalized spacial score (nSPS) is 22.1. The van der Waals surface area contributed by atoms with Crippen LogP contribution in [0.25, 0.3) is 0 Å². The van der Waals surface area contributed by atoms with E-state index < -0.39 is 0 Å². The van der Waals surface area contributed by atoms with Crippen molar-refractivity contribution in [1.29, 1.82) is 0 Å². The lowest BCUT2D eigenvalue weighted by Crippen LogP contribution is -2.41. The van der Waals surface area contributed by atoms with Crippen LogP contribution in [-0.2, 0) is 11.2 Å². The second kappa shape index (κ2) is 5.80. The summed E-state index contributed by atoms with van der Waals surface area (Å²) in [6.45, 7) is -0.0587. The molecule has 1 aromatic carbocycles. The number of nitrogens with zero attached hydrogens (tertiary/aromatic N) is 1. The lowest BCUT2D eigenvalue weighted by molar-refractivity contribution is -0.178. The number of rotatable bonds is 4. The van der Waals surface area contributed by atoms with Gasteiger partial charge in [-0.15, -0.1) is 0 Å². The maximum Gasteiger partial charge on any atom is 0.250 e. The predicted octanol–water partition coefficient (Wildman–Crippen LogP) is 1.38. The molecule has 1 amide bonds. The standard InChI is InChI=1S/C14H17NO3/c16-10-12-7-4-8-13(12)15(18)14(17)9-11-5-2-1-3-6-11/h1-7,12-13,16,18H,8-10H2. The third kappa shape index (κ3) is 2.78. The van der Waals surface area contributed by atoms with E-state index in [1.165, 1.54) is 0 Å². The van der Waals surface area contributed by atoms with Gasteiger partial charge < -0.3 is 5.11 Å². The molecule has 4 nitrogen and oxygen atoms in total. The van der Waals surface area contributed by atoms with Gasteiger partial charge in [0.25, 0.3) is 5.91 Å². The van der Waals surface area contributed by atoms with Crippen LogP contribution in [0.3, 0.4) is 0 Å². The van der Waals surface area contributed by atoms with Crippen molar-refractivity contribution < 1.29 is 15.1 Å². The SMILES string of the molecule is O=C(Cc1ccccc1)N(O)C1CC=CC1CO. The van der Waals surface area contributed by atoms with Crippen LogP contribution in [0.5, 0.6) is 0 Å². The smallest absolute Gasteiger partial charge is 0.250 e. The van der Waals surface area contributed by atoms with Crippen molar-refractivity contribution in [2.24, 2.45) is 5.92 Å². The van der Waals surface area contributed by atoms with Crippen LogP contribution in [0.1, 0.15) is 12.0 Å². The molecular formula is C14H17NO3. The molecule has 2 N–H and O–H groups in total. The van der Waals surface area contributed by atoms with Crippen molar-refractivity contribution >= 4 is 5.91 Å². The van der Waals surface area contributed by atoms with E-state index >= 15 is 0 Å². The van der Waals surface area contributed by atoms with E-state index in [2.05, 4.69) is 0 Å². The Hall–Kier alpha value is -1.65. The fourth-order valence-electron chi connectivity index (χ4n) is 2.20. The molecule has 0 saturated heterocycles. The lowest BCUT2D eigenvalue weighted by Gasteiger charge is -2.26. The van der Waals surface area contributed by atoms with E-state index in [0.717, 1.165) is 10.6 Å². The molecule has 4 heteroatoms. The molecule has 0 radical (unpaired) electrons. The fourth-order valence-corrected chi connectivity index (χ4v) is 2.20. The zero-order valence-corrected chi connectivity index (χ0v) is 10.1. The number of carbonyl (C=O) groups is 1. The third-order valence-electron chi connectivity index (χ3n) is 3.23. The van der Waals surface area contributed by atoms with Gasteiger partial charge in [0.05, 0.1) is 19.1 Å². The predicted molar refractivity (Wildman–Crippen MR) is 66.9 cm³/mol. The van der Waals surface area contributed by atoms with Gasteiger partial charge in [-0.3, -0.25) is 10.0 Å². The molecule has 2 rings (SSSR count). The van der Waals surface area contributed by atoms with Gasteiger partial charge in [-0.2, -0.15) is 0 Å². The molecule has 0 spiro atoms. The van der Waals surface area contributed by atoms with Gasteiger partial charge in [-0.1, -0.05) is 42.5 Å². The topological polar surface area (TPSA) is 60.8 Å². The molecule has 0 aromatic heterocycles. The van der Waals surface area contributed by atoms with E-state index in [1.807, 2.05) is 42.5 Å². The maximum absolute atomic E-state index is 11.9. The Bertz CT molecular complexity index is 430. The van der Waals surface area contributed by atoms with Gasteiger partial charge in [-0.05, 0) is 12.0 Å². The van der Waals surface area contributed by atoms with Crippen LogP contribution in [0.15, 0.2) is 42.5 Å². The summed E-state index contributed by atoms with van der Waals surface area (Å²) in [5.74, 6) is -0.511. The summed E-state index contributed by atoms with van der Waals surface area (Å²) in [5, 5.41) is 19.8. The molecule has 2 atom stereocenters. The number of carbonyl (C=O) groups excluding carboxylic acids is 1.